The number of hydrogen-bond acceptors (Lipinski definition) is 3. The minimum atomic E-state index is -0.294. The van der Waals surface area contributed by atoms with Crippen LogP contribution in [0.15, 0.2) is 35.7 Å². The van der Waals surface area contributed by atoms with Gasteiger partial charge in [-0.25, -0.2) is 4.39 Å². The Kier molecular flexibility index (Phi) is 5.23. The number of thiocarbonyl (C=S) groups is 1. The quantitative estimate of drug-likeness (QED) is 0.828. The monoisotopic (exact) mass is 308 g/mol. The fourth-order valence-electron chi connectivity index (χ4n) is 2.04. The Balaban J connectivity index is 2.12. The van der Waals surface area contributed by atoms with Crippen LogP contribution in [0, 0.1) is 5.82 Å². The minimum Gasteiger partial charge on any atom is -0.389 e. The van der Waals surface area contributed by atoms with Crippen LogP contribution in [0.2, 0.25) is 0 Å². The van der Waals surface area contributed by atoms with Gasteiger partial charge in [0.1, 0.15) is 10.8 Å². The highest BCUT2D eigenvalue weighted by Gasteiger charge is 2.09. The molecule has 0 unspecified atom stereocenters. The average Bonchev–Trinajstić information content (AvgIpc) is 2.90. The number of nitrogens with two attached hydrogens (primary N) is 1. The van der Waals surface area contributed by atoms with Crippen LogP contribution in [0.3, 0.4) is 0 Å². The summed E-state index contributed by atoms with van der Waals surface area (Å²) >= 11 is 6.65. The first-order valence-electron chi connectivity index (χ1n) is 6.42. The first-order valence-corrected chi connectivity index (χ1v) is 7.71. The lowest BCUT2D eigenvalue weighted by atomic mass is 10.1. The maximum Gasteiger partial charge on any atom is 0.124 e. The van der Waals surface area contributed by atoms with Gasteiger partial charge in [0.2, 0.25) is 0 Å². The van der Waals surface area contributed by atoms with Crippen LogP contribution in [-0.2, 0) is 13.1 Å². The van der Waals surface area contributed by atoms with Gasteiger partial charge in [-0.3, -0.25) is 4.90 Å². The molecule has 0 spiro atoms. The normalized spacial score (nSPS) is 10.9. The van der Waals surface area contributed by atoms with E-state index in [0.717, 1.165) is 18.7 Å². The zero-order chi connectivity index (χ0) is 14.5. The van der Waals surface area contributed by atoms with Crippen molar-refractivity contribution >= 4 is 28.5 Å². The van der Waals surface area contributed by atoms with Crippen molar-refractivity contribution in [1.82, 2.24) is 4.90 Å². The van der Waals surface area contributed by atoms with Gasteiger partial charge in [-0.05, 0) is 41.8 Å². The lowest BCUT2D eigenvalue weighted by molar-refractivity contribution is 0.273. The maximum absolute atomic E-state index is 13.6. The van der Waals surface area contributed by atoms with Gasteiger partial charge in [0, 0.05) is 23.5 Å². The largest absolute Gasteiger partial charge is 0.389 e. The minimum absolute atomic E-state index is 0.229. The molecule has 0 fully saturated rings. The first kappa shape index (κ1) is 15.1. The van der Waals surface area contributed by atoms with E-state index in [1.54, 1.807) is 17.4 Å². The Morgan fingerprint density at radius 3 is 2.75 bits per heavy atom. The van der Waals surface area contributed by atoms with Crippen molar-refractivity contribution in [3.05, 3.63) is 57.5 Å². The highest BCUT2D eigenvalue weighted by molar-refractivity contribution is 7.80. The van der Waals surface area contributed by atoms with Gasteiger partial charge in [-0.15, -0.1) is 11.3 Å². The molecule has 1 aromatic carbocycles. The molecule has 1 heterocycles. The number of hydrogen-bond donors (Lipinski definition) is 1. The van der Waals surface area contributed by atoms with Crippen LogP contribution in [0.4, 0.5) is 4.39 Å². The highest BCUT2D eigenvalue weighted by Crippen LogP contribution is 2.16. The second-order valence-corrected chi connectivity index (χ2v) is 6.07. The summed E-state index contributed by atoms with van der Waals surface area (Å²) in [7, 11) is 0. The van der Waals surface area contributed by atoms with E-state index < -0.39 is 0 Å². The van der Waals surface area contributed by atoms with Crippen molar-refractivity contribution in [3.8, 4) is 0 Å². The summed E-state index contributed by atoms with van der Waals surface area (Å²) in [6.45, 7) is 4.55. The van der Waals surface area contributed by atoms with Gasteiger partial charge in [0.25, 0.3) is 0 Å². The Morgan fingerprint density at radius 2 is 2.15 bits per heavy atom. The molecule has 0 amide bonds. The number of thiophene rings is 1. The molecule has 0 atom stereocenters. The molecule has 2 N–H and O–H groups in total. The number of benzene rings is 1. The SMILES string of the molecule is CCN(Cc1cc(F)cc(C(N)=S)c1)Cc1cccs1. The molecule has 20 heavy (non-hydrogen) atoms. The van der Waals surface area contributed by atoms with E-state index in [1.165, 1.54) is 10.9 Å². The summed E-state index contributed by atoms with van der Waals surface area (Å²) in [4.78, 5) is 3.79. The summed E-state index contributed by atoms with van der Waals surface area (Å²) in [6.07, 6.45) is 0. The van der Waals surface area contributed by atoms with Crippen LogP contribution in [0.25, 0.3) is 0 Å². The van der Waals surface area contributed by atoms with E-state index in [2.05, 4.69) is 23.3 Å². The highest BCUT2D eigenvalue weighted by atomic mass is 32.1. The zero-order valence-corrected chi connectivity index (χ0v) is 12.9. The summed E-state index contributed by atoms with van der Waals surface area (Å²) in [5.74, 6) is -0.294. The molecule has 106 valence electrons. The zero-order valence-electron chi connectivity index (χ0n) is 11.3. The third-order valence-electron chi connectivity index (χ3n) is 3.06. The summed E-state index contributed by atoms with van der Waals surface area (Å²) in [5.41, 5.74) is 7.06. The molecule has 2 aromatic rings. The molecule has 5 heteroatoms. The molecule has 1 aromatic heterocycles. The van der Waals surface area contributed by atoms with E-state index in [4.69, 9.17) is 18.0 Å². The predicted molar refractivity (Wildman–Crippen MR) is 86.4 cm³/mol. The van der Waals surface area contributed by atoms with Crippen molar-refractivity contribution in [1.29, 1.82) is 0 Å². The molecule has 0 aliphatic rings. The molecule has 0 aliphatic carbocycles. The second-order valence-electron chi connectivity index (χ2n) is 4.60. The van der Waals surface area contributed by atoms with Crippen LogP contribution < -0.4 is 5.73 Å². The van der Waals surface area contributed by atoms with Gasteiger partial charge < -0.3 is 5.73 Å². The number of nitrogens with zero attached hydrogens (tertiary/aromatic N) is 1. The number of halogens is 1. The number of rotatable bonds is 6. The van der Waals surface area contributed by atoms with Crippen molar-refractivity contribution < 1.29 is 4.39 Å². The molecular weight excluding hydrogens is 291 g/mol. The van der Waals surface area contributed by atoms with Crippen LogP contribution >= 0.6 is 23.6 Å². The van der Waals surface area contributed by atoms with Crippen molar-refractivity contribution in [3.63, 3.8) is 0 Å². The van der Waals surface area contributed by atoms with Crippen LogP contribution in [0.5, 0.6) is 0 Å². The van der Waals surface area contributed by atoms with E-state index in [0.29, 0.717) is 12.1 Å². The third-order valence-corrected chi connectivity index (χ3v) is 4.15. The van der Waals surface area contributed by atoms with Gasteiger partial charge in [0.05, 0.1) is 0 Å². The lowest BCUT2D eigenvalue weighted by Crippen LogP contribution is -2.22. The molecule has 2 nitrogen and oxygen atoms in total. The van der Waals surface area contributed by atoms with Crippen molar-refractivity contribution in [2.75, 3.05) is 6.54 Å². The third kappa shape index (κ3) is 4.10. The molecule has 0 bridgehead atoms. The fraction of sp³-hybridized carbons (Fsp3) is 0.267. The van der Waals surface area contributed by atoms with Crippen molar-refractivity contribution in [2.24, 2.45) is 5.73 Å². The molecule has 0 aliphatic heterocycles. The van der Waals surface area contributed by atoms with Gasteiger partial charge in [-0.2, -0.15) is 0 Å². The molecule has 2 rings (SSSR count). The molecule has 0 saturated heterocycles. The fourth-order valence-corrected chi connectivity index (χ4v) is 2.91. The standard InChI is InChI=1S/C15H17FN2S2/c1-2-18(10-14-4-3-5-20-14)9-11-6-12(15(17)19)8-13(16)7-11/h3-8H,2,9-10H2,1H3,(H2,17,19). The Morgan fingerprint density at radius 1 is 1.35 bits per heavy atom. The predicted octanol–water partition coefficient (Wildman–Crippen LogP) is 3.54. The summed E-state index contributed by atoms with van der Waals surface area (Å²) in [6, 6.07) is 8.93. The lowest BCUT2D eigenvalue weighted by Gasteiger charge is -2.20. The summed E-state index contributed by atoms with van der Waals surface area (Å²) in [5, 5.41) is 2.07. The molecular formula is C15H17FN2S2. The first-order chi connectivity index (χ1) is 9.58. The second kappa shape index (κ2) is 6.92. The molecule has 0 radical (unpaired) electrons. The average molecular weight is 308 g/mol. The van der Waals surface area contributed by atoms with Crippen LogP contribution in [0.1, 0.15) is 22.9 Å². The summed E-state index contributed by atoms with van der Waals surface area (Å²) < 4.78 is 13.6. The molecule has 0 saturated carbocycles. The maximum atomic E-state index is 13.6. The van der Waals surface area contributed by atoms with Gasteiger partial charge in [-0.1, -0.05) is 25.2 Å². The Labute approximate surface area is 128 Å². The topological polar surface area (TPSA) is 29.3 Å². The van der Waals surface area contributed by atoms with E-state index in [-0.39, 0.29) is 10.8 Å². The van der Waals surface area contributed by atoms with E-state index in [9.17, 15) is 4.39 Å². The Hall–Kier alpha value is -1.30. The Bertz CT molecular complexity index is 582. The smallest absolute Gasteiger partial charge is 0.124 e. The van der Waals surface area contributed by atoms with Gasteiger partial charge >= 0.3 is 0 Å². The van der Waals surface area contributed by atoms with Crippen molar-refractivity contribution in [2.45, 2.75) is 20.0 Å². The van der Waals surface area contributed by atoms with Gasteiger partial charge in [0.15, 0.2) is 0 Å². The van der Waals surface area contributed by atoms with E-state index in [1.807, 2.05) is 12.1 Å². The van der Waals surface area contributed by atoms with E-state index >= 15 is 0 Å². The van der Waals surface area contributed by atoms with Crippen LogP contribution in [-0.4, -0.2) is 16.4 Å².